The van der Waals surface area contributed by atoms with E-state index in [4.69, 9.17) is 17.3 Å². The molecule has 0 unspecified atom stereocenters. The van der Waals surface area contributed by atoms with E-state index in [-0.39, 0.29) is 0 Å². The van der Waals surface area contributed by atoms with Gasteiger partial charge in [-0.3, -0.25) is 4.90 Å². The Hall–Kier alpha value is -0.380. The fraction of sp³-hybridized carbons (Fsp3) is 0.571. The minimum Gasteiger partial charge on any atom is -0.399 e. The summed E-state index contributed by atoms with van der Waals surface area (Å²) in [5.41, 5.74) is 7.76. The van der Waals surface area contributed by atoms with E-state index in [1.807, 2.05) is 18.2 Å². The van der Waals surface area contributed by atoms with Crippen LogP contribution < -0.4 is 5.73 Å². The summed E-state index contributed by atoms with van der Waals surface area (Å²) in [6.45, 7) is 7.81. The number of nitrogen functional groups attached to an aromatic ring is 1. The van der Waals surface area contributed by atoms with Gasteiger partial charge in [0.05, 0.1) is 0 Å². The normalized spacial score (nSPS) is 20.6. The fourth-order valence-corrected chi connectivity index (χ4v) is 3.49. The van der Waals surface area contributed by atoms with Gasteiger partial charge in [0.15, 0.2) is 0 Å². The standard InChI is InChI=1S/C14H21ClN2S/c1-14(2)5-6-17(7-8-18-14)10-11-9-12(16)3-4-13(11)15/h3-4,9H,5-8,10,16H2,1-2H3. The number of thioether (sulfide) groups is 1. The number of benzene rings is 1. The first kappa shape index (κ1) is 14.0. The lowest BCUT2D eigenvalue weighted by atomic mass is 10.1. The minimum atomic E-state index is 0.397. The Morgan fingerprint density at radius 3 is 2.94 bits per heavy atom. The van der Waals surface area contributed by atoms with Gasteiger partial charge in [-0.05, 0) is 36.7 Å². The first-order chi connectivity index (χ1) is 8.46. The van der Waals surface area contributed by atoms with Crippen LogP contribution in [0.3, 0.4) is 0 Å². The summed E-state index contributed by atoms with van der Waals surface area (Å²) < 4.78 is 0.397. The molecule has 0 atom stereocenters. The number of hydrogen-bond donors (Lipinski definition) is 1. The van der Waals surface area contributed by atoms with Crippen molar-refractivity contribution in [1.29, 1.82) is 0 Å². The Balaban J connectivity index is 2.03. The summed E-state index contributed by atoms with van der Waals surface area (Å²) in [6, 6.07) is 5.74. The van der Waals surface area contributed by atoms with Crippen LogP contribution in [-0.2, 0) is 6.54 Å². The number of rotatable bonds is 2. The number of halogens is 1. The molecule has 18 heavy (non-hydrogen) atoms. The van der Waals surface area contributed by atoms with E-state index < -0.39 is 0 Å². The summed E-state index contributed by atoms with van der Waals surface area (Å²) in [4.78, 5) is 2.47. The van der Waals surface area contributed by atoms with Gasteiger partial charge in [0.25, 0.3) is 0 Å². The molecule has 2 N–H and O–H groups in total. The van der Waals surface area contributed by atoms with Crippen LogP contribution >= 0.6 is 23.4 Å². The summed E-state index contributed by atoms with van der Waals surface area (Å²) in [6.07, 6.45) is 1.22. The molecule has 1 heterocycles. The van der Waals surface area contributed by atoms with Gasteiger partial charge in [0, 0.05) is 34.3 Å². The number of nitrogens with two attached hydrogens (primary N) is 1. The summed E-state index contributed by atoms with van der Waals surface area (Å²) in [5, 5.41) is 0.820. The maximum absolute atomic E-state index is 6.22. The van der Waals surface area contributed by atoms with Crippen molar-refractivity contribution in [2.24, 2.45) is 0 Å². The van der Waals surface area contributed by atoms with E-state index >= 15 is 0 Å². The van der Waals surface area contributed by atoms with E-state index in [9.17, 15) is 0 Å². The maximum Gasteiger partial charge on any atom is 0.0452 e. The highest BCUT2D eigenvalue weighted by molar-refractivity contribution is 8.00. The first-order valence-electron chi connectivity index (χ1n) is 6.36. The molecule has 0 radical (unpaired) electrons. The van der Waals surface area contributed by atoms with Crippen molar-refractivity contribution < 1.29 is 0 Å². The zero-order valence-corrected chi connectivity index (χ0v) is 12.7. The van der Waals surface area contributed by atoms with Crippen molar-refractivity contribution in [3.05, 3.63) is 28.8 Å². The van der Waals surface area contributed by atoms with E-state index in [2.05, 4.69) is 30.5 Å². The summed E-state index contributed by atoms with van der Waals surface area (Å²) in [7, 11) is 0. The van der Waals surface area contributed by atoms with E-state index in [0.717, 1.165) is 35.9 Å². The molecular weight excluding hydrogens is 264 g/mol. The molecule has 100 valence electrons. The minimum absolute atomic E-state index is 0.397. The SMILES string of the molecule is CC1(C)CCN(Cc2cc(N)ccc2Cl)CCS1. The van der Waals surface area contributed by atoms with Crippen LogP contribution in [0.1, 0.15) is 25.8 Å². The molecule has 1 aliphatic heterocycles. The lowest BCUT2D eigenvalue weighted by molar-refractivity contribution is 0.276. The lowest BCUT2D eigenvalue weighted by Gasteiger charge is -2.23. The van der Waals surface area contributed by atoms with Crippen molar-refractivity contribution in [1.82, 2.24) is 4.90 Å². The van der Waals surface area contributed by atoms with Gasteiger partial charge in [-0.25, -0.2) is 0 Å². The third kappa shape index (κ3) is 3.81. The molecule has 4 heteroatoms. The Bertz CT molecular complexity index is 420. The van der Waals surface area contributed by atoms with E-state index in [0.29, 0.717) is 4.75 Å². The Labute approximate surface area is 119 Å². The molecule has 1 aromatic carbocycles. The van der Waals surface area contributed by atoms with Crippen LogP contribution in [0.2, 0.25) is 5.02 Å². The highest BCUT2D eigenvalue weighted by Crippen LogP contribution is 2.31. The van der Waals surface area contributed by atoms with Crippen LogP contribution in [0.25, 0.3) is 0 Å². The van der Waals surface area contributed by atoms with Crippen LogP contribution in [0.4, 0.5) is 5.69 Å². The van der Waals surface area contributed by atoms with E-state index in [1.165, 1.54) is 12.2 Å². The summed E-state index contributed by atoms with van der Waals surface area (Å²) in [5.74, 6) is 1.19. The Morgan fingerprint density at radius 1 is 1.39 bits per heavy atom. The van der Waals surface area contributed by atoms with Crippen molar-refractivity contribution >= 4 is 29.1 Å². The van der Waals surface area contributed by atoms with Crippen LogP contribution in [-0.4, -0.2) is 28.5 Å². The molecule has 2 rings (SSSR count). The summed E-state index contributed by atoms with van der Waals surface area (Å²) >= 11 is 8.29. The molecule has 1 aromatic rings. The predicted molar refractivity (Wildman–Crippen MR) is 82.3 cm³/mol. The maximum atomic E-state index is 6.22. The third-order valence-electron chi connectivity index (χ3n) is 3.39. The molecule has 0 aromatic heterocycles. The molecule has 1 fully saturated rings. The lowest BCUT2D eigenvalue weighted by Crippen LogP contribution is -2.27. The number of anilines is 1. The average Bonchev–Trinajstić information content (AvgIpc) is 2.46. The van der Waals surface area contributed by atoms with Crippen molar-refractivity contribution in [2.75, 3.05) is 24.6 Å². The van der Waals surface area contributed by atoms with Gasteiger partial charge in [-0.2, -0.15) is 11.8 Å². The quantitative estimate of drug-likeness (QED) is 0.841. The van der Waals surface area contributed by atoms with Crippen molar-refractivity contribution in [3.63, 3.8) is 0 Å². The zero-order chi connectivity index (χ0) is 13.2. The topological polar surface area (TPSA) is 29.3 Å². The fourth-order valence-electron chi connectivity index (χ4n) is 2.18. The molecular formula is C14H21ClN2S. The molecule has 0 spiro atoms. The van der Waals surface area contributed by atoms with Gasteiger partial charge in [0.1, 0.15) is 0 Å². The van der Waals surface area contributed by atoms with Gasteiger partial charge in [0.2, 0.25) is 0 Å². The molecule has 0 saturated carbocycles. The molecule has 1 saturated heterocycles. The molecule has 1 aliphatic rings. The Morgan fingerprint density at radius 2 is 2.17 bits per heavy atom. The molecule has 0 bridgehead atoms. The van der Waals surface area contributed by atoms with Gasteiger partial charge in [-0.15, -0.1) is 0 Å². The second-order valence-corrected chi connectivity index (χ2v) is 7.69. The number of nitrogens with zero attached hydrogens (tertiary/aromatic N) is 1. The second kappa shape index (κ2) is 5.72. The monoisotopic (exact) mass is 284 g/mol. The van der Waals surface area contributed by atoms with Crippen molar-refractivity contribution in [2.45, 2.75) is 31.6 Å². The highest BCUT2D eigenvalue weighted by atomic mass is 35.5. The number of hydrogen-bond acceptors (Lipinski definition) is 3. The van der Waals surface area contributed by atoms with Gasteiger partial charge >= 0.3 is 0 Å². The first-order valence-corrected chi connectivity index (χ1v) is 7.73. The third-order valence-corrected chi connectivity index (χ3v) is 5.14. The largest absolute Gasteiger partial charge is 0.399 e. The van der Waals surface area contributed by atoms with Crippen LogP contribution in [0, 0.1) is 0 Å². The smallest absolute Gasteiger partial charge is 0.0452 e. The van der Waals surface area contributed by atoms with Gasteiger partial charge < -0.3 is 5.73 Å². The molecule has 2 nitrogen and oxygen atoms in total. The van der Waals surface area contributed by atoms with Crippen molar-refractivity contribution in [3.8, 4) is 0 Å². The molecule has 0 aliphatic carbocycles. The zero-order valence-electron chi connectivity index (χ0n) is 11.1. The molecule has 0 amide bonds. The average molecular weight is 285 g/mol. The van der Waals surface area contributed by atoms with Crippen LogP contribution in [0.5, 0.6) is 0 Å². The van der Waals surface area contributed by atoms with Gasteiger partial charge in [-0.1, -0.05) is 25.4 Å². The highest BCUT2D eigenvalue weighted by Gasteiger charge is 2.23. The van der Waals surface area contributed by atoms with E-state index in [1.54, 1.807) is 0 Å². The predicted octanol–water partition coefficient (Wildman–Crippen LogP) is 3.64. The van der Waals surface area contributed by atoms with Crippen LogP contribution in [0.15, 0.2) is 18.2 Å². The second-order valence-electron chi connectivity index (χ2n) is 5.49. The Kier molecular flexibility index (Phi) is 4.46.